The van der Waals surface area contributed by atoms with E-state index in [4.69, 9.17) is 0 Å². The molecule has 0 saturated carbocycles. The van der Waals surface area contributed by atoms with E-state index in [1.54, 1.807) is 0 Å². The van der Waals surface area contributed by atoms with Crippen molar-refractivity contribution in [3.63, 3.8) is 0 Å². The number of carbonyl (C=O) groups is 2. The highest BCUT2D eigenvalue weighted by Gasteiger charge is 2.17. The molecule has 2 aliphatic rings. The lowest BCUT2D eigenvalue weighted by Crippen LogP contribution is -2.38. The normalized spacial score (nSPS) is 18.7. The molecule has 2 heterocycles. The number of anilines is 1. The molecule has 2 fully saturated rings. The predicted octanol–water partition coefficient (Wildman–Crippen LogP) is 2.66. The maximum absolute atomic E-state index is 12.3. The highest BCUT2D eigenvalue weighted by molar-refractivity contribution is 7.99. The van der Waals surface area contributed by atoms with Gasteiger partial charge in [0.05, 0.1) is 6.42 Å². The van der Waals surface area contributed by atoms with E-state index in [1.807, 2.05) is 40.9 Å². The maximum atomic E-state index is 12.3. The molecule has 7 heteroatoms. The zero-order chi connectivity index (χ0) is 19.8. The second-order valence-corrected chi connectivity index (χ2v) is 9.01. The summed E-state index contributed by atoms with van der Waals surface area (Å²) in [5, 5.41) is 5.83. The molecule has 28 heavy (non-hydrogen) atoms. The average molecular weight is 405 g/mol. The second kappa shape index (κ2) is 10.7. The summed E-state index contributed by atoms with van der Waals surface area (Å²) in [7, 11) is 2.16. The zero-order valence-electron chi connectivity index (χ0n) is 16.8. The first-order chi connectivity index (χ1) is 13.6. The first-order valence-electron chi connectivity index (χ1n) is 10.3. The summed E-state index contributed by atoms with van der Waals surface area (Å²) in [6.45, 7) is 4.72. The van der Waals surface area contributed by atoms with Gasteiger partial charge in [0, 0.05) is 36.8 Å². The number of piperidine rings is 1. The van der Waals surface area contributed by atoms with Gasteiger partial charge in [-0.2, -0.15) is 11.8 Å². The lowest BCUT2D eigenvalue weighted by molar-refractivity contribution is -0.130. The lowest BCUT2D eigenvalue weighted by atomic mass is 9.94. The fourth-order valence-electron chi connectivity index (χ4n) is 3.72. The number of amides is 3. The minimum absolute atomic E-state index is 0.164. The molecule has 1 aromatic carbocycles. The van der Waals surface area contributed by atoms with Gasteiger partial charge in [-0.3, -0.25) is 4.79 Å². The molecule has 1 aromatic rings. The Bertz CT molecular complexity index is 638. The van der Waals surface area contributed by atoms with Gasteiger partial charge in [0.25, 0.3) is 0 Å². The van der Waals surface area contributed by atoms with Crippen molar-refractivity contribution in [3.8, 4) is 0 Å². The monoisotopic (exact) mass is 404 g/mol. The van der Waals surface area contributed by atoms with Gasteiger partial charge >= 0.3 is 6.03 Å². The van der Waals surface area contributed by atoms with Gasteiger partial charge in [-0.15, -0.1) is 0 Å². The van der Waals surface area contributed by atoms with Crippen LogP contribution in [0.4, 0.5) is 10.5 Å². The largest absolute Gasteiger partial charge is 0.341 e. The number of thioether (sulfide) groups is 1. The van der Waals surface area contributed by atoms with Gasteiger partial charge in [-0.1, -0.05) is 12.1 Å². The number of carbonyl (C=O) groups excluding carboxylic acids is 2. The van der Waals surface area contributed by atoms with Gasteiger partial charge < -0.3 is 20.4 Å². The van der Waals surface area contributed by atoms with Crippen LogP contribution in [0, 0.1) is 5.92 Å². The van der Waals surface area contributed by atoms with Gasteiger partial charge in [0.1, 0.15) is 0 Å². The minimum atomic E-state index is -0.164. The van der Waals surface area contributed by atoms with Crippen LogP contribution in [0.3, 0.4) is 0 Å². The van der Waals surface area contributed by atoms with Crippen molar-refractivity contribution in [2.24, 2.45) is 5.92 Å². The Labute approximate surface area is 172 Å². The van der Waals surface area contributed by atoms with Crippen molar-refractivity contribution >= 4 is 29.4 Å². The molecular formula is C21H32N4O2S. The number of nitrogens with one attached hydrogen (secondary N) is 2. The van der Waals surface area contributed by atoms with Crippen LogP contribution in [-0.2, 0) is 11.2 Å². The third-order valence-corrected chi connectivity index (χ3v) is 6.55. The quantitative estimate of drug-likeness (QED) is 0.765. The Morgan fingerprint density at radius 1 is 1.07 bits per heavy atom. The molecule has 0 bridgehead atoms. The average Bonchev–Trinajstić information content (AvgIpc) is 2.71. The summed E-state index contributed by atoms with van der Waals surface area (Å²) >= 11 is 1.90. The van der Waals surface area contributed by atoms with Gasteiger partial charge in [-0.05, 0) is 63.0 Å². The molecule has 6 nitrogen and oxygen atoms in total. The third kappa shape index (κ3) is 6.71. The smallest absolute Gasteiger partial charge is 0.319 e. The SMILES string of the molecule is CN1CCC(CCNC(=O)Nc2ccc(CC(=O)N3CCSCC3)cc2)CC1. The summed E-state index contributed by atoms with van der Waals surface area (Å²) in [4.78, 5) is 28.7. The number of rotatable bonds is 6. The van der Waals surface area contributed by atoms with Crippen LogP contribution >= 0.6 is 11.8 Å². The van der Waals surface area contributed by atoms with Crippen molar-refractivity contribution < 1.29 is 9.59 Å². The Morgan fingerprint density at radius 3 is 2.43 bits per heavy atom. The predicted molar refractivity (Wildman–Crippen MR) is 116 cm³/mol. The van der Waals surface area contributed by atoms with Gasteiger partial charge in [0.2, 0.25) is 5.91 Å². The number of benzene rings is 1. The first-order valence-corrected chi connectivity index (χ1v) is 11.4. The Hall–Kier alpha value is -1.73. The van der Waals surface area contributed by atoms with Crippen LogP contribution < -0.4 is 10.6 Å². The number of hydrogen-bond donors (Lipinski definition) is 2. The van der Waals surface area contributed by atoms with E-state index < -0.39 is 0 Å². The van der Waals surface area contributed by atoms with Crippen molar-refractivity contribution in [3.05, 3.63) is 29.8 Å². The van der Waals surface area contributed by atoms with Crippen LogP contribution in [0.25, 0.3) is 0 Å². The van der Waals surface area contributed by atoms with Crippen LogP contribution in [0.2, 0.25) is 0 Å². The van der Waals surface area contributed by atoms with Gasteiger partial charge in [-0.25, -0.2) is 4.79 Å². The molecule has 0 spiro atoms. The number of likely N-dealkylation sites (tertiary alicyclic amines) is 1. The summed E-state index contributed by atoms with van der Waals surface area (Å²) in [6, 6.07) is 7.41. The first kappa shape index (κ1) is 21.0. The van der Waals surface area contributed by atoms with Crippen molar-refractivity contribution in [1.82, 2.24) is 15.1 Å². The second-order valence-electron chi connectivity index (χ2n) is 7.78. The van der Waals surface area contributed by atoms with Crippen molar-refractivity contribution in [2.75, 3.05) is 56.6 Å². The molecular weight excluding hydrogens is 372 g/mol. The fourth-order valence-corrected chi connectivity index (χ4v) is 4.62. The highest BCUT2D eigenvalue weighted by Crippen LogP contribution is 2.19. The van der Waals surface area contributed by atoms with E-state index in [1.165, 1.54) is 12.8 Å². The molecule has 2 N–H and O–H groups in total. The molecule has 2 aliphatic heterocycles. The van der Waals surface area contributed by atoms with E-state index >= 15 is 0 Å². The summed E-state index contributed by atoms with van der Waals surface area (Å²) < 4.78 is 0. The molecule has 0 unspecified atom stereocenters. The van der Waals surface area contributed by atoms with E-state index in [9.17, 15) is 9.59 Å². The maximum Gasteiger partial charge on any atom is 0.319 e. The van der Waals surface area contributed by atoms with Gasteiger partial charge in [0.15, 0.2) is 0 Å². The van der Waals surface area contributed by atoms with Crippen molar-refractivity contribution in [1.29, 1.82) is 0 Å². The molecule has 0 radical (unpaired) electrons. The van der Waals surface area contributed by atoms with E-state index in [0.29, 0.717) is 18.9 Å². The third-order valence-electron chi connectivity index (χ3n) is 5.61. The van der Waals surface area contributed by atoms with Crippen LogP contribution in [0.15, 0.2) is 24.3 Å². The fraction of sp³-hybridized carbons (Fsp3) is 0.619. The minimum Gasteiger partial charge on any atom is -0.341 e. The summed E-state index contributed by atoms with van der Waals surface area (Å²) in [5.41, 5.74) is 1.74. The molecule has 3 amide bonds. The van der Waals surface area contributed by atoms with E-state index in [2.05, 4.69) is 22.6 Å². The molecule has 0 aromatic heterocycles. The van der Waals surface area contributed by atoms with Crippen LogP contribution in [0.1, 0.15) is 24.8 Å². The topological polar surface area (TPSA) is 64.7 Å². The number of urea groups is 1. The van der Waals surface area contributed by atoms with Crippen LogP contribution in [0.5, 0.6) is 0 Å². The summed E-state index contributed by atoms with van der Waals surface area (Å²) in [5.74, 6) is 2.96. The Kier molecular flexibility index (Phi) is 8.03. The Balaban J connectivity index is 1.36. The Morgan fingerprint density at radius 2 is 1.75 bits per heavy atom. The van der Waals surface area contributed by atoms with Crippen LogP contribution in [-0.4, -0.2) is 73.0 Å². The van der Waals surface area contributed by atoms with E-state index in [0.717, 1.165) is 55.4 Å². The lowest BCUT2D eigenvalue weighted by Gasteiger charge is -2.28. The molecule has 3 rings (SSSR count). The molecule has 154 valence electrons. The zero-order valence-corrected chi connectivity index (χ0v) is 17.6. The molecule has 0 aliphatic carbocycles. The number of nitrogens with zero attached hydrogens (tertiary/aromatic N) is 2. The molecule has 2 saturated heterocycles. The molecule has 0 atom stereocenters. The number of hydrogen-bond acceptors (Lipinski definition) is 4. The van der Waals surface area contributed by atoms with Crippen molar-refractivity contribution in [2.45, 2.75) is 25.7 Å². The highest BCUT2D eigenvalue weighted by atomic mass is 32.2. The summed E-state index contributed by atoms with van der Waals surface area (Å²) in [6.07, 6.45) is 3.90. The standard InChI is InChI=1S/C21H32N4O2S/c1-24-10-7-17(8-11-24)6-9-22-21(27)23-19-4-2-18(3-5-19)16-20(26)25-12-14-28-15-13-25/h2-5,17H,6-16H2,1H3,(H2,22,23,27). The van der Waals surface area contributed by atoms with E-state index in [-0.39, 0.29) is 11.9 Å².